The maximum Gasteiger partial charge on any atom is 0.330 e. The number of carbonyl (C=O) groups excluding carboxylic acids is 1. The molecule has 1 aromatic rings. The lowest BCUT2D eigenvalue weighted by molar-refractivity contribution is -0.137. The fourth-order valence-electron chi connectivity index (χ4n) is 1.51. The Kier molecular flexibility index (Phi) is 6.72. The zero-order chi connectivity index (χ0) is 12.3. The number of esters is 1. The molecule has 0 radical (unpaired) electrons. The van der Waals surface area contributed by atoms with Crippen LogP contribution >= 0.6 is 0 Å². The van der Waals surface area contributed by atoms with Crippen LogP contribution in [0.15, 0.2) is 36.7 Å². The molecule has 17 heavy (non-hydrogen) atoms. The van der Waals surface area contributed by atoms with Crippen molar-refractivity contribution in [2.75, 3.05) is 6.61 Å². The van der Waals surface area contributed by atoms with E-state index in [0.717, 1.165) is 25.7 Å². The van der Waals surface area contributed by atoms with Gasteiger partial charge in [-0.1, -0.05) is 12.1 Å². The van der Waals surface area contributed by atoms with E-state index in [1.165, 1.54) is 11.6 Å². The molecule has 0 aromatic carbocycles. The van der Waals surface area contributed by atoms with Crippen molar-refractivity contribution >= 4 is 5.97 Å². The van der Waals surface area contributed by atoms with Crippen molar-refractivity contribution in [2.24, 2.45) is 0 Å². The average Bonchev–Trinajstić information content (AvgIpc) is 2.35. The summed E-state index contributed by atoms with van der Waals surface area (Å²) in [4.78, 5) is 15.0. The molecular weight excluding hydrogens is 214 g/mol. The van der Waals surface area contributed by atoms with Crippen molar-refractivity contribution in [3.05, 3.63) is 42.2 Å². The Morgan fingerprint density at radius 2 is 2.35 bits per heavy atom. The molecule has 1 aromatic heterocycles. The van der Waals surface area contributed by atoms with Crippen molar-refractivity contribution in [2.45, 2.75) is 32.6 Å². The second kappa shape index (κ2) is 8.50. The van der Waals surface area contributed by atoms with E-state index in [-0.39, 0.29) is 5.97 Å². The molecule has 0 aliphatic rings. The molecule has 0 amide bonds. The smallest absolute Gasteiger partial charge is 0.330 e. The Hall–Kier alpha value is -1.64. The van der Waals surface area contributed by atoms with Gasteiger partial charge in [0.15, 0.2) is 0 Å². The third-order valence-electron chi connectivity index (χ3n) is 2.35. The fraction of sp³-hybridized carbons (Fsp3) is 0.429. The Bertz CT molecular complexity index is 346. The van der Waals surface area contributed by atoms with Gasteiger partial charge in [-0.25, -0.2) is 4.79 Å². The molecule has 3 heteroatoms. The van der Waals surface area contributed by atoms with Crippen LogP contribution in [0.2, 0.25) is 0 Å². The number of rotatable bonds is 7. The zero-order valence-electron chi connectivity index (χ0n) is 10.3. The van der Waals surface area contributed by atoms with E-state index in [1.54, 1.807) is 13.1 Å². The van der Waals surface area contributed by atoms with Gasteiger partial charge >= 0.3 is 5.97 Å². The minimum absolute atomic E-state index is 0.250. The monoisotopic (exact) mass is 233 g/mol. The van der Waals surface area contributed by atoms with E-state index in [2.05, 4.69) is 11.1 Å². The van der Waals surface area contributed by atoms with Crippen molar-refractivity contribution in [3.8, 4) is 0 Å². The van der Waals surface area contributed by atoms with Crippen molar-refractivity contribution in [1.29, 1.82) is 0 Å². The van der Waals surface area contributed by atoms with E-state index in [4.69, 9.17) is 4.74 Å². The first kappa shape index (κ1) is 13.4. The first-order chi connectivity index (χ1) is 8.33. The Labute approximate surface area is 103 Å². The standard InChI is InChI=1S/C14H19NO2/c1-2-17-14(16)10-6-4-3-5-8-13-9-7-11-15-12-13/h6-7,9-12H,2-5,8H2,1H3/b10-6+. The number of hydrogen-bond donors (Lipinski definition) is 0. The number of unbranched alkanes of at least 4 members (excludes halogenated alkanes) is 2. The second-order valence-electron chi connectivity index (χ2n) is 3.76. The number of hydrogen-bond acceptors (Lipinski definition) is 3. The molecule has 0 bridgehead atoms. The summed E-state index contributed by atoms with van der Waals surface area (Å²) in [5, 5.41) is 0. The van der Waals surface area contributed by atoms with E-state index < -0.39 is 0 Å². The third-order valence-corrected chi connectivity index (χ3v) is 2.35. The molecule has 0 aliphatic heterocycles. The third kappa shape index (κ3) is 6.51. The van der Waals surface area contributed by atoms with Gasteiger partial charge in [0.1, 0.15) is 0 Å². The molecule has 0 spiro atoms. The predicted octanol–water partition coefficient (Wildman–Crippen LogP) is 2.91. The van der Waals surface area contributed by atoms with Crippen LogP contribution in [0.4, 0.5) is 0 Å². The van der Waals surface area contributed by atoms with E-state index in [0.29, 0.717) is 6.61 Å². The lowest BCUT2D eigenvalue weighted by atomic mass is 10.1. The minimum Gasteiger partial charge on any atom is -0.463 e. The summed E-state index contributed by atoms with van der Waals surface area (Å²) in [6.45, 7) is 2.24. The molecule has 0 unspecified atom stereocenters. The first-order valence-corrected chi connectivity index (χ1v) is 6.05. The summed E-state index contributed by atoms with van der Waals surface area (Å²) in [5.74, 6) is -0.250. The molecular formula is C14H19NO2. The van der Waals surface area contributed by atoms with E-state index in [9.17, 15) is 4.79 Å². The molecule has 3 nitrogen and oxygen atoms in total. The highest BCUT2D eigenvalue weighted by Crippen LogP contribution is 2.05. The zero-order valence-corrected chi connectivity index (χ0v) is 10.3. The lowest BCUT2D eigenvalue weighted by Crippen LogP contribution is -1.98. The summed E-state index contributed by atoms with van der Waals surface area (Å²) < 4.78 is 4.78. The van der Waals surface area contributed by atoms with Crippen molar-refractivity contribution in [1.82, 2.24) is 4.98 Å². The highest BCUT2D eigenvalue weighted by Gasteiger charge is 1.94. The number of aromatic nitrogens is 1. The van der Waals surface area contributed by atoms with Crippen molar-refractivity contribution < 1.29 is 9.53 Å². The van der Waals surface area contributed by atoms with Gasteiger partial charge in [0.2, 0.25) is 0 Å². The first-order valence-electron chi connectivity index (χ1n) is 6.05. The summed E-state index contributed by atoms with van der Waals surface area (Å²) in [7, 11) is 0. The van der Waals surface area contributed by atoms with E-state index >= 15 is 0 Å². The van der Waals surface area contributed by atoms with Gasteiger partial charge in [-0.2, -0.15) is 0 Å². The minimum atomic E-state index is -0.250. The highest BCUT2D eigenvalue weighted by atomic mass is 16.5. The number of aryl methyl sites for hydroxylation is 1. The molecule has 92 valence electrons. The van der Waals surface area contributed by atoms with Crippen LogP contribution in [0.25, 0.3) is 0 Å². The van der Waals surface area contributed by atoms with Gasteiger partial charge in [0.05, 0.1) is 6.61 Å². The number of allylic oxidation sites excluding steroid dienone is 1. The van der Waals surface area contributed by atoms with Gasteiger partial charge in [-0.05, 0) is 44.2 Å². The summed E-state index contributed by atoms with van der Waals surface area (Å²) >= 11 is 0. The topological polar surface area (TPSA) is 39.2 Å². The van der Waals surface area contributed by atoms with Gasteiger partial charge in [-0.3, -0.25) is 4.98 Å². The molecule has 0 N–H and O–H groups in total. The second-order valence-corrected chi connectivity index (χ2v) is 3.76. The Balaban J connectivity index is 2.07. The van der Waals surface area contributed by atoms with Crippen LogP contribution in [0.3, 0.4) is 0 Å². The average molecular weight is 233 g/mol. The number of nitrogens with zero attached hydrogens (tertiary/aromatic N) is 1. The Morgan fingerprint density at radius 3 is 3.06 bits per heavy atom. The van der Waals surface area contributed by atoms with E-state index in [1.807, 2.05) is 18.3 Å². The normalized spacial score (nSPS) is 10.6. The SMILES string of the molecule is CCOC(=O)/C=C/CCCCc1cccnc1. The van der Waals surface area contributed by atoms with Crippen LogP contribution in [0, 0.1) is 0 Å². The molecule has 0 aliphatic carbocycles. The van der Waals surface area contributed by atoms with Crippen LogP contribution in [-0.4, -0.2) is 17.6 Å². The van der Waals surface area contributed by atoms with Crippen LogP contribution < -0.4 is 0 Å². The fourth-order valence-corrected chi connectivity index (χ4v) is 1.51. The Morgan fingerprint density at radius 1 is 1.47 bits per heavy atom. The molecule has 0 atom stereocenters. The maximum atomic E-state index is 11.0. The molecule has 0 fully saturated rings. The molecule has 0 saturated carbocycles. The quantitative estimate of drug-likeness (QED) is 0.413. The van der Waals surface area contributed by atoms with Gasteiger partial charge < -0.3 is 4.74 Å². The molecule has 1 rings (SSSR count). The van der Waals surface area contributed by atoms with Crippen LogP contribution in [0.1, 0.15) is 31.7 Å². The molecule has 0 saturated heterocycles. The maximum absolute atomic E-state index is 11.0. The predicted molar refractivity (Wildman–Crippen MR) is 67.6 cm³/mol. The summed E-state index contributed by atoms with van der Waals surface area (Å²) in [5.41, 5.74) is 1.27. The van der Waals surface area contributed by atoms with Gasteiger partial charge in [-0.15, -0.1) is 0 Å². The highest BCUT2D eigenvalue weighted by molar-refractivity contribution is 5.81. The summed E-state index contributed by atoms with van der Waals surface area (Å²) in [6, 6.07) is 4.04. The number of pyridine rings is 1. The largest absolute Gasteiger partial charge is 0.463 e. The van der Waals surface area contributed by atoms with Gasteiger partial charge in [0, 0.05) is 18.5 Å². The number of ether oxygens (including phenoxy) is 1. The van der Waals surface area contributed by atoms with Crippen LogP contribution in [-0.2, 0) is 16.0 Å². The summed E-state index contributed by atoms with van der Waals surface area (Å²) in [6.07, 6.45) is 11.2. The molecule has 1 heterocycles. The number of carbonyl (C=O) groups is 1. The van der Waals surface area contributed by atoms with Crippen molar-refractivity contribution in [3.63, 3.8) is 0 Å². The van der Waals surface area contributed by atoms with Gasteiger partial charge in [0.25, 0.3) is 0 Å². The lowest BCUT2D eigenvalue weighted by Gasteiger charge is -1.99. The van der Waals surface area contributed by atoms with Crippen LogP contribution in [0.5, 0.6) is 0 Å².